The zero-order valence-electron chi connectivity index (χ0n) is 17.6. The van der Waals surface area contributed by atoms with Crippen LogP contribution in [0.25, 0.3) is 0 Å². The van der Waals surface area contributed by atoms with Crippen molar-refractivity contribution in [2.75, 3.05) is 13.6 Å². The van der Waals surface area contributed by atoms with Gasteiger partial charge in [0.15, 0.2) is 11.8 Å². The van der Waals surface area contributed by atoms with Crippen LogP contribution in [0, 0.1) is 0 Å². The second kappa shape index (κ2) is 11.5. The number of guanidine groups is 1. The van der Waals surface area contributed by atoms with Gasteiger partial charge in [0.2, 0.25) is 0 Å². The minimum Gasteiger partial charge on any atom is -0.489 e. The first-order chi connectivity index (χ1) is 14.4. The maximum atomic E-state index is 12.9. The number of nitrogens with zero attached hydrogens (tertiary/aromatic N) is 4. The molecule has 1 atom stereocenters. The van der Waals surface area contributed by atoms with Gasteiger partial charge in [-0.15, -0.1) is 34.2 Å². The van der Waals surface area contributed by atoms with E-state index in [0.29, 0.717) is 25.5 Å². The number of aryl methyl sites for hydroxylation is 1. The van der Waals surface area contributed by atoms with Gasteiger partial charge in [0.05, 0.1) is 18.7 Å². The highest BCUT2D eigenvalue weighted by Gasteiger charge is 2.30. The van der Waals surface area contributed by atoms with E-state index in [1.807, 2.05) is 6.92 Å². The molecule has 2 heterocycles. The van der Waals surface area contributed by atoms with E-state index in [9.17, 15) is 13.2 Å². The zero-order chi connectivity index (χ0) is 21.6. The first kappa shape index (κ1) is 25.2. The van der Waals surface area contributed by atoms with Gasteiger partial charge in [0.1, 0.15) is 17.7 Å². The number of aliphatic imine (C=N–C) groups is 1. The molecule has 0 radical (unpaired) electrons. The van der Waals surface area contributed by atoms with Gasteiger partial charge < -0.3 is 19.9 Å². The summed E-state index contributed by atoms with van der Waals surface area (Å²) in [5.41, 5.74) is -0.725. The highest BCUT2D eigenvalue weighted by Crippen LogP contribution is 2.31. The summed E-state index contributed by atoms with van der Waals surface area (Å²) in [5, 5.41) is 14.8. The summed E-state index contributed by atoms with van der Waals surface area (Å²) >= 11 is 0. The van der Waals surface area contributed by atoms with Gasteiger partial charge in [0, 0.05) is 20.0 Å². The van der Waals surface area contributed by atoms with Crippen LogP contribution in [0.2, 0.25) is 0 Å². The van der Waals surface area contributed by atoms with Crippen molar-refractivity contribution in [2.45, 2.75) is 58.0 Å². The van der Waals surface area contributed by atoms with Gasteiger partial charge in [-0.2, -0.15) is 13.2 Å². The molecule has 1 aliphatic heterocycles. The van der Waals surface area contributed by atoms with E-state index in [1.54, 1.807) is 7.05 Å². The number of hydrogen-bond acceptors (Lipinski definition) is 4. The van der Waals surface area contributed by atoms with E-state index < -0.39 is 11.7 Å². The molecule has 1 aliphatic rings. The predicted octanol–water partition coefficient (Wildman–Crippen LogP) is 3.77. The maximum absolute atomic E-state index is 12.9. The van der Waals surface area contributed by atoms with Crippen molar-refractivity contribution in [3.8, 4) is 5.75 Å². The van der Waals surface area contributed by atoms with Crippen molar-refractivity contribution in [2.24, 2.45) is 4.99 Å². The zero-order valence-corrected chi connectivity index (χ0v) is 19.9. The quantitative estimate of drug-likeness (QED) is 0.311. The molecule has 1 aromatic carbocycles. The second-order valence-electron chi connectivity index (χ2n) is 7.12. The predicted molar refractivity (Wildman–Crippen MR) is 123 cm³/mol. The van der Waals surface area contributed by atoms with E-state index in [-0.39, 0.29) is 35.8 Å². The van der Waals surface area contributed by atoms with Crippen LogP contribution in [0.4, 0.5) is 13.2 Å². The van der Waals surface area contributed by atoms with Gasteiger partial charge >= 0.3 is 6.18 Å². The first-order valence-corrected chi connectivity index (χ1v) is 10.1. The molecule has 1 unspecified atom stereocenters. The van der Waals surface area contributed by atoms with E-state index in [2.05, 4.69) is 30.4 Å². The van der Waals surface area contributed by atoms with Crippen LogP contribution in [0.3, 0.4) is 0 Å². The minimum absolute atomic E-state index is 0. The van der Waals surface area contributed by atoms with Gasteiger partial charge in [-0.25, -0.2) is 0 Å². The van der Waals surface area contributed by atoms with E-state index in [4.69, 9.17) is 4.74 Å². The van der Waals surface area contributed by atoms with Crippen LogP contribution in [0.1, 0.15) is 43.4 Å². The highest BCUT2D eigenvalue weighted by molar-refractivity contribution is 14.0. The third-order valence-corrected chi connectivity index (χ3v) is 4.99. The Kier molecular flexibility index (Phi) is 9.38. The van der Waals surface area contributed by atoms with Crippen LogP contribution in [-0.2, 0) is 25.7 Å². The smallest absolute Gasteiger partial charge is 0.416 e. The Hall–Kier alpha value is -2.05. The number of fused-ring (bicyclic) bond motifs is 1. The molecule has 0 saturated carbocycles. The number of rotatable bonds is 7. The van der Waals surface area contributed by atoms with Crippen LogP contribution < -0.4 is 15.4 Å². The van der Waals surface area contributed by atoms with Crippen molar-refractivity contribution >= 4 is 29.9 Å². The van der Waals surface area contributed by atoms with Crippen molar-refractivity contribution in [1.29, 1.82) is 0 Å². The fourth-order valence-corrected chi connectivity index (χ4v) is 3.30. The molecule has 0 saturated heterocycles. The molecule has 0 amide bonds. The molecular weight excluding hydrogens is 524 g/mol. The molecule has 0 aliphatic carbocycles. The molecule has 2 aromatic rings. The maximum Gasteiger partial charge on any atom is 0.416 e. The SMILES string of the molecule is CCC(CNC(=NC)NCc1nnc2n1CCCC2)Oc1cccc(C(F)(F)F)c1.I. The largest absolute Gasteiger partial charge is 0.489 e. The van der Waals surface area contributed by atoms with Crippen LogP contribution in [0.15, 0.2) is 29.3 Å². The number of hydrogen-bond donors (Lipinski definition) is 2. The van der Waals surface area contributed by atoms with E-state index in [1.165, 1.54) is 12.1 Å². The van der Waals surface area contributed by atoms with E-state index >= 15 is 0 Å². The second-order valence-corrected chi connectivity index (χ2v) is 7.12. The fourth-order valence-electron chi connectivity index (χ4n) is 3.30. The lowest BCUT2D eigenvalue weighted by molar-refractivity contribution is -0.137. The van der Waals surface area contributed by atoms with Crippen molar-refractivity contribution < 1.29 is 17.9 Å². The molecule has 7 nitrogen and oxygen atoms in total. The van der Waals surface area contributed by atoms with Crippen LogP contribution >= 0.6 is 24.0 Å². The lowest BCUT2D eigenvalue weighted by atomic mass is 10.2. The minimum atomic E-state index is -4.40. The molecule has 0 spiro atoms. The topological polar surface area (TPSA) is 76.4 Å². The number of nitrogens with one attached hydrogen (secondary N) is 2. The molecular formula is C20H28F3IN6O. The van der Waals surface area contributed by atoms with Crippen molar-refractivity contribution in [1.82, 2.24) is 25.4 Å². The molecule has 2 N–H and O–H groups in total. The number of alkyl halides is 3. The number of halogens is 4. The van der Waals surface area contributed by atoms with Gasteiger partial charge in [-0.05, 0) is 37.5 Å². The van der Waals surface area contributed by atoms with Crippen LogP contribution in [0.5, 0.6) is 5.75 Å². The average molecular weight is 552 g/mol. The third-order valence-electron chi connectivity index (χ3n) is 4.99. The Morgan fingerprint density at radius 1 is 1.26 bits per heavy atom. The standard InChI is InChI=1S/C20H27F3N6O.HI/c1-3-15(30-16-8-6-7-14(11-16)20(21,22)23)12-25-19(24-2)26-13-18-28-27-17-9-4-5-10-29(17)18;/h6-8,11,15H,3-5,9-10,12-13H2,1-2H3,(H2,24,25,26);1H. The molecule has 172 valence electrons. The van der Waals surface area contributed by atoms with Gasteiger partial charge in [-0.3, -0.25) is 4.99 Å². The molecule has 0 bridgehead atoms. The van der Waals surface area contributed by atoms with Gasteiger partial charge in [0.25, 0.3) is 0 Å². The molecule has 3 rings (SSSR count). The summed E-state index contributed by atoms with van der Waals surface area (Å²) in [7, 11) is 1.66. The Labute approximate surface area is 196 Å². The van der Waals surface area contributed by atoms with Crippen molar-refractivity contribution in [3.63, 3.8) is 0 Å². The molecule has 11 heteroatoms. The number of aromatic nitrogens is 3. The first-order valence-electron chi connectivity index (χ1n) is 10.1. The molecule has 0 fully saturated rings. The Morgan fingerprint density at radius 2 is 2.06 bits per heavy atom. The lowest BCUT2D eigenvalue weighted by Gasteiger charge is -2.21. The summed E-state index contributed by atoms with van der Waals surface area (Å²) in [6.07, 6.45) is -0.877. The highest BCUT2D eigenvalue weighted by atomic mass is 127. The Bertz CT molecular complexity index is 871. The monoisotopic (exact) mass is 552 g/mol. The van der Waals surface area contributed by atoms with Gasteiger partial charge in [-0.1, -0.05) is 13.0 Å². The Morgan fingerprint density at radius 3 is 2.77 bits per heavy atom. The molecule has 31 heavy (non-hydrogen) atoms. The average Bonchev–Trinajstić information content (AvgIpc) is 3.15. The van der Waals surface area contributed by atoms with Crippen molar-refractivity contribution in [3.05, 3.63) is 41.5 Å². The summed E-state index contributed by atoms with van der Waals surface area (Å²) in [5.74, 6) is 2.63. The Balaban J connectivity index is 0.00000341. The van der Waals surface area contributed by atoms with E-state index in [0.717, 1.165) is 49.6 Å². The summed E-state index contributed by atoms with van der Waals surface area (Å²) < 4.78 is 46.6. The number of ether oxygens (including phenoxy) is 1. The lowest BCUT2D eigenvalue weighted by Crippen LogP contribution is -2.42. The number of benzene rings is 1. The summed E-state index contributed by atoms with van der Waals surface area (Å²) in [6, 6.07) is 4.92. The molecule has 1 aromatic heterocycles. The normalized spacial score (nSPS) is 14.9. The third kappa shape index (κ3) is 6.97. The summed E-state index contributed by atoms with van der Waals surface area (Å²) in [6.45, 7) is 3.72. The van der Waals surface area contributed by atoms with Crippen LogP contribution in [-0.4, -0.2) is 40.4 Å². The fraction of sp³-hybridized carbons (Fsp3) is 0.550. The summed E-state index contributed by atoms with van der Waals surface area (Å²) in [4.78, 5) is 4.19.